The van der Waals surface area contributed by atoms with Gasteiger partial charge in [-0.2, -0.15) is 0 Å². The maximum absolute atomic E-state index is 5.84. The van der Waals surface area contributed by atoms with Crippen LogP contribution in [0.4, 0.5) is 0 Å². The van der Waals surface area contributed by atoms with Crippen molar-refractivity contribution in [3.8, 4) is 5.75 Å². The number of ether oxygens (including phenoxy) is 1. The first kappa shape index (κ1) is 12.0. The van der Waals surface area contributed by atoms with Gasteiger partial charge in [-0.15, -0.1) is 0 Å². The van der Waals surface area contributed by atoms with Crippen LogP contribution in [0.15, 0.2) is 59.6 Å². The fourth-order valence-corrected chi connectivity index (χ4v) is 2.28. The van der Waals surface area contributed by atoms with Gasteiger partial charge in [0.15, 0.2) is 0 Å². The first-order valence-electron chi connectivity index (χ1n) is 6.72. The Morgan fingerprint density at radius 2 is 1.89 bits per heavy atom. The van der Waals surface area contributed by atoms with Gasteiger partial charge in [0, 0.05) is 12.3 Å². The van der Waals surface area contributed by atoms with E-state index < -0.39 is 0 Å². The van der Waals surface area contributed by atoms with Crippen LogP contribution in [0.2, 0.25) is 0 Å². The van der Waals surface area contributed by atoms with E-state index in [9.17, 15) is 0 Å². The van der Waals surface area contributed by atoms with Gasteiger partial charge in [0.05, 0.1) is 0 Å². The quantitative estimate of drug-likeness (QED) is 0.808. The van der Waals surface area contributed by atoms with E-state index in [0.29, 0.717) is 6.61 Å². The van der Waals surface area contributed by atoms with Crippen molar-refractivity contribution in [2.45, 2.75) is 19.4 Å². The monoisotopic (exact) mass is 251 g/mol. The van der Waals surface area contributed by atoms with E-state index in [2.05, 4.69) is 29.3 Å². The molecule has 2 aromatic carbocycles. The molecule has 0 saturated carbocycles. The zero-order chi connectivity index (χ0) is 12.9. The smallest absolute Gasteiger partial charge is 0.120 e. The van der Waals surface area contributed by atoms with E-state index in [0.717, 1.165) is 18.7 Å². The summed E-state index contributed by atoms with van der Waals surface area (Å²) < 4.78 is 5.84. The van der Waals surface area contributed by atoms with Crippen molar-refractivity contribution >= 4 is 5.71 Å². The average molecular weight is 251 g/mol. The summed E-state index contributed by atoms with van der Waals surface area (Å²) in [6.45, 7) is 1.57. The third-order valence-electron chi connectivity index (χ3n) is 3.29. The minimum atomic E-state index is 0.608. The standard InChI is InChI=1S/C17H17NO/c1-2-6-14(7-3-1)13-19-16-9-4-8-15(12-16)17-10-5-11-18-17/h1-4,6-9,12H,5,10-11,13H2. The van der Waals surface area contributed by atoms with Crippen molar-refractivity contribution in [1.29, 1.82) is 0 Å². The minimum Gasteiger partial charge on any atom is -0.489 e. The van der Waals surface area contributed by atoms with Crippen LogP contribution in [0.3, 0.4) is 0 Å². The van der Waals surface area contributed by atoms with Crippen LogP contribution in [-0.2, 0) is 6.61 Å². The second-order valence-corrected chi connectivity index (χ2v) is 4.73. The Morgan fingerprint density at radius 1 is 1.00 bits per heavy atom. The average Bonchev–Trinajstić information content (AvgIpc) is 3.01. The van der Waals surface area contributed by atoms with Crippen LogP contribution in [-0.4, -0.2) is 12.3 Å². The lowest BCUT2D eigenvalue weighted by Crippen LogP contribution is -1.99. The van der Waals surface area contributed by atoms with Crippen molar-refractivity contribution in [2.75, 3.05) is 6.54 Å². The molecule has 1 heterocycles. The molecular formula is C17H17NO. The van der Waals surface area contributed by atoms with Crippen LogP contribution in [0.5, 0.6) is 5.75 Å². The van der Waals surface area contributed by atoms with Crippen LogP contribution >= 0.6 is 0 Å². The maximum Gasteiger partial charge on any atom is 0.120 e. The molecule has 0 atom stereocenters. The molecule has 0 aromatic heterocycles. The summed E-state index contributed by atoms with van der Waals surface area (Å²) in [7, 11) is 0. The summed E-state index contributed by atoms with van der Waals surface area (Å²) in [5, 5.41) is 0. The number of benzene rings is 2. The SMILES string of the molecule is c1ccc(COc2cccc(C3=NCCC3)c2)cc1. The number of nitrogens with zero attached hydrogens (tertiary/aromatic N) is 1. The highest BCUT2D eigenvalue weighted by Crippen LogP contribution is 2.19. The molecule has 0 fully saturated rings. The molecule has 0 saturated heterocycles. The third kappa shape index (κ3) is 3.02. The topological polar surface area (TPSA) is 21.6 Å². The van der Waals surface area contributed by atoms with Gasteiger partial charge in [0.1, 0.15) is 12.4 Å². The van der Waals surface area contributed by atoms with E-state index in [4.69, 9.17) is 4.74 Å². The summed E-state index contributed by atoms with van der Waals surface area (Å²) in [5.41, 5.74) is 3.60. The summed E-state index contributed by atoms with van der Waals surface area (Å²) in [6, 6.07) is 18.5. The van der Waals surface area contributed by atoms with Crippen molar-refractivity contribution < 1.29 is 4.74 Å². The summed E-state index contributed by atoms with van der Waals surface area (Å²) in [4.78, 5) is 4.53. The van der Waals surface area contributed by atoms with Gasteiger partial charge >= 0.3 is 0 Å². The molecule has 0 amide bonds. The van der Waals surface area contributed by atoms with Crippen molar-refractivity contribution in [3.05, 3.63) is 65.7 Å². The molecule has 0 bridgehead atoms. The van der Waals surface area contributed by atoms with E-state index in [1.165, 1.54) is 23.3 Å². The Bertz CT molecular complexity index is 575. The highest BCUT2D eigenvalue weighted by atomic mass is 16.5. The zero-order valence-electron chi connectivity index (χ0n) is 10.9. The maximum atomic E-state index is 5.84. The molecule has 0 spiro atoms. The Kier molecular flexibility index (Phi) is 3.59. The second kappa shape index (κ2) is 5.70. The Labute approximate surface area is 113 Å². The van der Waals surface area contributed by atoms with E-state index in [-0.39, 0.29) is 0 Å². The summed E-state index contributed by atoms with van der Waals surface area (Å²) in [6.07, 6.45) is 2.26. The fourth-order valence-electron chi connectivity index (χ4n) is 2.28. The molecular weight excluding hydrogens is 234 g/mol. The molecule has 19 heavy (non-hydrogen) atoms. The van der Waals surface area contributed by atoms with Crippen LogP contribution in [0, 0.1) is 0 Å². The number of aliphatic imine (C=N–C) groups is 1. The minimum absolute atomic E-state index is 0.608. The number of hydrogen-bond acceptors (Lipinski definition) is 2. The first-order chi connectivity index (χ1) is 9.42. The van der Waals surface area contributed by atoms with Gasteiger partial charge in [-0.3, -0.25) is 4.99 Å². The van der Waals surface area contributed by atoms with Gasteiger partial charge in [-0.1, -0.05) is 42.5 Å². The Morgan fingerprint density at radius 3 is 2.68 bits per heavy atom. The summed E-state index contributed by atoms with van der Waals surface area (Å²) >= 11 is 0. The van der Waals surface area contributed by atoms with E-state index >= 15 is 0 Å². The molecule has 0 radical (unpaired) electrons. The van der Waals surface area contributed by atoms with Gasteiger partial charge in [0.25, 0.3) is 0 Å². The second-order valence-electron chi connectivity index (χ2n) is 4.73. The molecule has 2 aromatic rings. The third-order valence-corrected chi connectivity index (χ3v) is 3.29. The van der Waals surface area contributed by atoms with Crippen LogP contribution in [0.25, 0.3) is 0 Å². The van der Waals surface area contributed by atoms with Crippen molar-refractivity contribution in [2.24, 2.45) is 4.99 Å². The lowest BCUT2D eigenvalue weighted by Gasteiger charge is -2.08. The van der Waals surface area contributed by atoms with Gasteiger partial charge in [-0.25, -0.2) is 0 Å². The molecule has 0 unspecified atom stereocenters. The lowest BCUT2D eigenvalue weighted by atomic mass is 10.1. The molecule has 3 rings (SSSR count). The van der Waals surface area contributed by atoms with E-state index in [1.807, 2.05) is 30.3 Å². The molecule has 1 aliphatic rings. The van der Waals surface area contributed by atoms with Crippen molar-refractivity contribution in [1.82, 2.24) is 0 Å². The molecule has 2 heteroatoms. The van der Waals surface area contributed by atoms with Gasteiger partial charge < -0.3 is 4.74 Å². The van der Waals surface area contributed by atoms with Crippen LogP contribution in [0.1, 0.15) is 24.0 Å². The van der Waals surface area contributed by atoms with Gasteiger partial charge in [0.2, 0.25) is 0 Å². The normalized spacial score (nSPS) is 14.2. The highest BCUT2D eigenvalue weighted by Gasteiger charge is 2.09. The summed E-state index contributed by atoms with van der Waals surface area (Å²) in [5.74, 6) is 0.913. The highest BCUT2D eigenvalue weighted by molar-refractivity contribution is 6.01. The zero-order valence-corrected chi connectivity index (χ0v) is 10.9. The first-order valence-corrected chi connectivity index (χ1v) is 6.72. The fraction of sp³-hybridized carbons (Fsp3) is 0.235. The Balaban J connectivity index is 1.70. The molecule has 2 nitrogen and oxygen atoms in total. The molecule has 0 N–H and O–H groups in total. The predicted molar refractivity (Wildman–Crippen MR) is 77.9 cm³/mol. The van der Waals surface area contributed by atoms with Crippen molar-refractivity contribution in [3.63, 3.8) is 0 Å². The predicted octanol–water partition coefficient (Wildman–Crippen LogP) is 3.85. The van der Waals surface area contributed by atoms with Gasteiger partial charge in [-0.05, 0) is 36.1 Å². The molecule has 96 valence electrons. The number of hydrogen-bond donors (Lipinski definition) is 0. The number of rotatable bonds is 4. The molecule has 1 aliphatic heterocycles. The van der Waals surface area contributed by atoms with E-state index in [1.54, 1.807) is 0 Å². The Hall–Kier alpha value is -2.09. The van der Waals surface area contributed by atoms with Crippen LogP contribution < -0.4 is 4.74 Å². The lowest BCUT2D eigenvalue weighted by molar-refractivity contribution is 0.306. The largest absolute Gasteiger partial charge is 0.489 e. The molecule has 0 aliphatic carbocycles.